The van der Waals surface area contributed by atoms with E-state index in [4.69, 9.17) is 11.6 Å². The van der Waals surface area contributed by atoms with Crippen LogP contribution in [0.15, 0.2) is 40.9 Å². The van der Waals surface area contributed by atoms with Gasteiger partial charge in [0.2, 0.25) is 0 Å². The number of nitrogens with one attached hydrogen (secondary N) is 1. The van der Waals surface area contributed by atoms with E-state index in [1.54, 1.807) is 18.2 Å². The van der Waals surface area contributed by atoms with Gasteiger partial charge < -0.3 is 5.32 Å². The fourth-order valence-electron chi connectivity index (χ4n) is 1.31. The number of amides is 1. The monoisotopic (exact) mass is 328 g/mol. The van der Waals surface area contributed by atoms with Crippen LogP contribution < -0.4 is 5.32 Å². The van der Waals surface area contributed by atoms with Gasteiger partial charge in [0.15, 0.2) is 0 Å². The van der Waals surface area contributed by atoms with Crippen molar-refractivity contribution in [3.63, 3.8) is 0 Å². The minimum absolute atomic E-state index is 0.0798. The third-order valence-electron chi connectivity index (χ3n) is 2.12. The number of carbonyl (C=O) groups excluding carboxylic acids is 1. The Morgan fingerprint density at radius 1 is 1.33 bits per heavy atom. The molecule has 1 N–H and O–H groups in total. The molecule has 0 saturated carbocycles. The van der Waals surface area contributed by atoms with Gasteiger partial charge >= 0.3 is 0 Å². The predicted molar refractivity (Wildman–Crippen MR) is 71.3 cm³/mol. The lowest BCUT2D eigenvalue weighted by molar-refractivity contribution is 0.102. The molecule has 0 aliphatic heterocycles. The number of hydrogen-bond donors (Lipinski definition) is 1. The van der Waals surface area contributed by atoms with Crippen molar-refractivity contribution in [3.8, 4) is 0 Å². The quantitative estimate of drug-likeness (QED) is 0.849. The number of aromatic nitrogens is 1. The molecule has 2 aromatic rings. The number of rotatable bonds is 2. The van der Waals surface area contributed by atoms with Crippen LogP contribution in [0.2, 0.25) is 5.15 Å². The number of pyridine rings is 1. The van der Waals surface area contributed by atoms with Crippen LogP contribution >= 0.6 is 27.5 Å². The van der Waals surface area contributed by atoms with Crippen LogP contribution in [0.3, 0.4) is 0 Å². The smallest absolute Gasteiger partial charge is 0.274 e. The van der Waals surface area contributed by atoms with Gasteiger partial charge in [-0.2, -0.15) is 0 Å². The minimum atomic E-state index is -0.520. The van der Waals surface area contributed by atoms with Crippen LogP contribution in [0.1, 0.15) is 10.5 Å². The molecule has 0 spiro atoms. The van der Waals surface area contributed by atoms with Crippen molar-refractivity contribution in [2.45, 2.75) is 0 Å². The lowest BCUT2D eigenvalue weighted by Crippen LogP contribution is -2.14. The number of benzene rings is 1. The van der Waals surface area contributed by atoms with Gasteiger partial charge in [-0.25, -0.2) is 9.37 Å². The summed E-state index contributed by atoms with van der Waals surface area (Å²) >= 11 is 8.88. The van der Waals surface area contributed by atoms with E-state index in [0.29, 0.717) is 4.47 Å². The molecule has 1 aromatic carbocycles. The molecule has 0 unspecified atom stereocenters. The molecule has 18 heavy (non-hydrogen) atoms. The molecule has 0 aliphatic rings. The zero-order valence-electron chi connectivity index (χ0n) is 8.95. The van der Waals surface area contributed by atoms with Gasteiger partial charge in [-0.05, 0) is 30.3 Å². The summed E-state index contributed by atoms with van der Waals surface area (Å²) in [4.78, 5) is 15.7. The van der Waals surface area contributed by atoms with Gasteiger partial charge in [0.25, 0.3) is 5.91 Å². The Kier molecular flexibility index (Phi) is 3.93. The first-order valence-corrected chi connectivity index (χ1v) is 6.12. The van der Waals surface area contributed by atoms with E-state index in [1.807, 2.05) is 0 Å². The van der Waals surface area contributed by atoms with Crippen molar-refractivity contribution in [1.82, 2.24) is 4.98 Å². The fourth-order valence-corrected chi connectivity index (χ4v) is 1.84. The van der Waals surface area contributed by atoms with Crippen molar-refractivity contribution >= 4 is 39.1 Å². The second-order valence-corrected chi connectivity index (χ2v) is 4.73. The molecule has 6 heteroatoms. The van der Waals surface area contributed by atoms with Gasteiger partial charge in [0.05, 0.1) is 5.69 Å². The highest BCUT2D eigenvalue weighted by Gasteiger charge is 2.11. The molecule has 0 fully saturated rings. The van der Waals surface area contributed by atoms with Crippen molar-refractivity contribution in [3.05, 3.63) is 57.5 Å². The van der Waals surface area contributed by atoms with Crippen molar-refractivity contribution in [2.75, 3.05) is 5.32 Å². The maximum atomic E-state index is 13.4. The van der Waals surface area contributed by atoms with Crippen molar-refractivity contribution in [1.29, 1.82) is 0 Å². The van der Waals surface area contributed by atoms with Crippen LogP contribution in [0.4, 0.5) is 10.1 Å². The molecule has 92 valence electrons. The Bertz CT molecular complexity index is 606. The van der Waals surface area contributed by atoms with Crippen LogP contribution in [0.25, 0.3) is 0 Å². The van der Waals surface area contributed by atoms with Crippen LogP contribution in [0.5, 0.6) is 0 Å². The molecule has 0 radical (unpaired) electrons. The van der Waals surface area contributed by atoms with E-state index < -0.39 is 11.7 Å². The topological polar surface area (TPSA) is 42.0 Å². The van der Waals surface area contributed by atoms with Crippen molar-refractivity contribution < 1.29 is 9.18 Å². The second kappa shape index (κ2) is 5.46. The predicted octanol–water partition coefficient (Wildman–Crippen LogP) is 3.89. The Balaban J connectivity index is 2.24. The molecule has 0 saturated heterocycles. The molecule has 3 nitrogen and oxygen atoms in total. The summed E-state index contributed by atoms with van der Waals surface area (Å²) in [5.74, 6) is -1.04. The first-order valence-electron chi connectivity index (χ1n) is 4.95. The SMILES string of the molecule is O=C(Nc1cc(Br)ccc1F)c1cccc(Cl)n1. The lowest BCUT2D eigenvalue weighted by Gasteiger charge is -2.06. The first-order chi connectivity index (χ1) is 8.56. The second-order valence-electron chi connectivity index (χ2n) is 3.42. The lowest BCUT2D eigenvalue weighted by atomic mass is 10.3. The first kappa shape index (κ1) is 13.0. The fraction of sp³-hybridized carbons (Fsp3) is 0. The third-order valence-corrected chi connectivity index (χ3v) is 2.83. The number of nitrogens with zero attached hydrogens (tertiary/aromatic N) is 1. The van der Waals surface area contributed by atoms with Crippen LogP contribution in [0, 0.1) is 5.82 Å². The minimum Gasteiger partial charge on any atom is -0.318 e. The van der Waals surface area contributed by atoms with Gasteiger partial charge in [0.1, 0.15) is 16.7 Å². The Hall–Kier alpha value is -1.46. The third kappa shape index (κ3) is 3.05. The average molecular weight is 330 g/mol. The Morgan fingerprint density at radius 2 is 2.11 bits per heavy atom. The Labute approximate surface area is 116 Å². The molecule has 0 aliphatic carbocycles. The zero-order chi connectivity index (χ0) is 13.1. The maximum Gasteiger partial charge on any atom is 0.274 e. The van der Waals surface area contributed by atoms with E-state index in [2.05, 4.69) is 26.2 Å². The van der Waals surface area contributed by atoms with Crippen molar-refractivity contribution in [2.24, 2.45) is 0 Å². The molecular formula is C12H7BrClFN2O. The van der Waals surface area contributed by atoms with Gasteiger partial charge in [-0.1, -0.05) is 33.6 Å². The van der Waals surface area contributed by atoms with E-state index in [0.717, 1.165) is 0 Å². The van der Waals surface area contributed by atoms with E-state index >= 15 is 0 Å². The molecule has 0 bridgehead atoms. The molecule has 0 atom stereocenters. The van der Waals surface area contributed by atoms with Crippen LogP contribution in [-0.2, 0) is 0 Å². The molecule has 2 rings (SSSR count). The summed E-state index contributed by atoms with van der Waals surface area (Å²) in [6.07, 6.45) is 0. The highest BCUT2D eigenvalue weighted by molar-refractivity contribution is 9.10. The summed E-state index contributed by atoms with van der Waals surface area (Å²) in [6.45, 7) is 0. The van der Waals surface area contributed by atoms with Gasteiger partial charge in [-0.3, -0.25) is 4.79 Å². The summed E-state index contributed by atoms with van der Waals surface area (Å²) < 4.78 is 14.1. The molecule has 1 amide bonds. The number of halogens is 3. The maximum absolute atomic E-state index is 13.4. The number of hydrogen-bond acceptors (Lipinski definition) is 2. The highest BCUT2D eigenvalue weighted by Crippen LogP contribution is 2.20. The zero-order valence-corrected chi connectivity index (χ0v) is 11.3. The van der Waals surface area contributed by atoms with E-state index in [9.17, 15) is 9.18 Å². The normalized spacial score (nSPS) is 10.2. The number of carbonyl (C=O) groups is 1. The van der Waals surface area contributed by atoms with E-state index in [-0.39, 0.29) is 16.5 Å². The largest absolute Gasteiger partial charge is 0.318 e. The summed E-state index contributed by atoms with van der Waals surface area (Å²) in [5, 5.41) is 2.64. The summed E-state index contributed by atoms with van der Waals surface area (Å²) in [7, 11) is 0. The molecule has 1 aromatic heterocycles. The highest BCUT2D eigenvalue weighted by atomic mass is 79.9. The van der Waals surface area contributed by atoms with Crippen LogP contribution in [-0.4, -0.2) is 10.9 Å². The molecular weight excluding hydrogens is 322 g/mol. The Morgan fingerprint density at radius 3 is 2.83 bits per heavy atom. The summed E-state index contributed by atoms with van der Waals surface area (Å²) in [5.41, 5.74) is 0.207. The summed E-state index contributed by atoms with van der Waals surface area (Å²) in [6, 6.07) is 8.92. The standard InChI is InChI=1S/C12H7BrClFN2O/c13-7-4-5-8(15)10(6-7)17-12(18)9-2-1-3-11(14)16-9/h1-6H,(H,17,18). The average Bonchev–Trinajstić information content (AvgIpc) is 2.34. The van der Waals surface area contributed by atoms with Gasteiger partial charge in [0, 0.05) is 4.47 Å². The molecule has 1 heterocycles. The number of anilines is 1. The van der Waals surface area contributed by atoms with Gasteiger partial charge in [-0.15, -0.1) is 0 Å². The van der Waals surface area contributed by atoms with E-state index in [1.165, 1.54) is 18.2 Å².